The maximum Gasteiger partial charge on any atom is 0.137 e. The number of halogens is 3. The van der Waals surface area contributed by atoms with E-state index in [1.807, 2.05) is 25.2 Å². The summed E-state index contributed by atoms with van der Waals surface area (Å²) in [7, 11) is 1.89. The second-order valence-electron chi connectivity index (χ2n) is 4.35. The van der Waals surface area contributed by atoms with E-state index in [0.717, 1.165) is 16.5 Å². The molecule has 0 bridgehead atoms. The first-order chi connectivity index (χ1) is 9.10. The van der Waals surface area contributed by atoms with Crippen molar-refractivity contribution < 1.29 is 4.39 Å². The molecule has 0 fully saturated rings. The summed E-state index contributed by atoms with van der Waals surface area (Å²) in [5.41, 5.74) is 2.15. The van der Waals surface area contributed by atoms with Gasteiger partial charge in [0.05, 0.1) is 4.47 Å². The van der Waals surface area contributed by atoms with Crippen molar-refractivity contribution in [2.24, 2.45) is 0 Å². The van der Waals surface area contributed by atoms with Gasteiger partial charge in [0, 0.05) is 10.5 Å². The van der Waals surface area contributed by atoms with Gasteiger partial charge in [0.25, 0.3) is 0 Å². The minimum absolute atomic E-state index is 0.0944. The van der Waals surface area contributed by atoms with Crippen LogP contribution < -0.4 is 5.32 Å². The lowest BCUT2D eigenvalue weighted by Crippen LogP contribution is -2.19. The predicted molar refractivity (Wildman–Crippen MR) is 83.7 cm³/mol. The van der Waals surface area contributed by atoms with Crippen molar-refractivity contribution in [1.29, 1.82) is 0 Å². The first kappa shape index (κ1) is 14.7. The summed E-state index contributed by atoms with van der Waals surface area (Å²) in [4.78, 5) is 0. The number of benzene rings is 2. The molecule has 100 valence electrons. The monoisotopic (exact) mass is 385 g/mol. The average molecular weight is 387 g/mol. The molecule has 0 radical (unpaired) electrons. The first-order valence-corrected chi connectivity index (χ1v) is 7.55. The van der Waals surface area contributed by atoms with Gasteiger partial charge in [-0.15, -0.1) is 0 Å². The fourth-order valence-corrected chi connectivity index (χ4v) is 2.71. The van der Waals surface area contributed by atoms with Crippen LogP contribution in [0, 0.1) is 5.82 Å². The summed E-state index contributed by atoms with van der Waals surface area (Å²) in [5.74, 6) is -0.230. The van der Waals surface area contributed by atoms with E-state index in [2.05, 4.69) is 49.3 Å². The molecule has 1 nitrogen and oxygen atoms in total. The highest BCUT2D eigenvalue weighted by Crippen LogP contribution is 2.24. The normalized spacial score (nSPS) is 12.4. The highest BCUT2D eigenvalue weighted by Gasteiger charge is 2.12. The van der Waals surface area contributed by atoms with Gasteiger partial charge < -0.3 is 5.32 Å². The lowest BCUT2D eigenvalue weighted by Gasteiger charge is -2.17. The van der Waals surface area contributed by atoms with Crippen molar-refractivity contribution in [3.05, 3.63) is 68.4 Å². The van der Waals surface area contributed by atoms with Crippen molar-refractivity contribution >= 4 is 31.9 Å². The van der Waals surface area contributed by atoms with Crippen LogP contribution in [0.4, 0.5) is 4.39 Å². The molecule has 2 aromatic rings. The highest BCUT2D eigenvalue weighted by atomic mass is 79.9. The fraction of sp³-hybridized carbons (Fsp3) is 0.200. The summed E-state index contributed by atoms with van der Waals surface area (Å²) in [5, 5.41) is 3.24. The third-order valence-electron chi connectivity index (χ3n) is 3.02. The van der Waals surface area contributed by atoms with Crippen LogP contribution in [-0.4, -0.2) is 7.05 Å². The van der Waals surface area contributed by atoms with Crippen LogP contribution in [0.1, 0.15) is 17.2 Å². The molecule has 0 aliphatic rings. The zero-order valence-corrected chi connectivity index (χ0v) is 13.6. The van der Waals surface area contributed by atoms with Crippen LogP contribution in [-0.2, 0) is 6.42 Å². The van der Waals surface area contributed by atoms with Gasteiger partial charge in [-0.3, -0.25) is 0 Å². The van der Waals surface area contributed by atoms with E-state index in [0.29, 0.717) is 4.47 Å². The number of hydrogen-bond donors (Lipinski definition) is 1. The van der Waals surface area contributed by atoms with Crippen molar-refractivity contribution in [3.63, 3.8) is 0 Å². The van der Waals surface area contributed by atoms with Crippen LogP contribution in [0.2, 0.25) is 0 Å². The van der Waals surface area contributed by atoms with Crippen molar-refractivity contribution in [2.75, 3.05) is 7.05 Å². The van der Waals surface area contributed by atoms with Gasteiger partial charge >= 0.3 is 0 Å². The predicted octanol–water partition coefficient (Wildman–Crippen LogP) is 4.85. The molecule has 1 unspecified atom stereocenters. The second kappa shape index (κ2) is 6.64. The molecule has 1 atom stereocenters. The first-order valence-electron chi connectivity index (χ1n) is 5.97. The molecule has 0 amide bonds. The molecule has 19 heavy (non-hydrogen) atoms. The molecule has 0 saturated heterocycles. The van der Waals surface area contributed by atoms with Gasteiger partial charge in [-0.2, -0.15) is 0 Å². The Morgan fingerprint density at radius 2 is 1.95 bits per heavy atom. The van der Waals surface area contributed by atoms with E-state index in [9.17, 15) is 4.39 Å². The summed E-state index contributed by atoms with van der Waals surface area (Å²) in [6, 6.07) is 13.5. The summed E-state index contributed by atoms with van der Waals surface area (Å²) >= 11 is 6.64. The zero-order valence-electron chi connectivity index (χ0n) is 10.5. The minimum atomic E-state index is -0.230. The lowest BCUT2D eigenvalue weighted by molar-refractivity contribution is 0.575. The van der Waals surface area contributed by atoms with Crippen molar-refractivity contribution in [2.45, 2.75) is 12.5 Å². The standard InChI is InChI=1S/C15H14Br2FN/c1-19-15(8-10-3-2-4-12(16)7-10)11-5-6-13(17)14(18)9-11/h2-7,9,15,19H,8H2,1H3. The number of nitrogens with one attached hydrogen (secondary N) is 1. The smallest absolute Gasteiger partial charge is 0.137 e. The summed E-state index contributed by atoms with van der Waals surface area (Å²) in [6.45, 7) is 0. The molecule has 0 aromatic heterocycles. The Morgan fingerprint density at radius 3 is 2.58 bits per heavy atom. The van der Waals surface area contributed by atoms with Gasteiger partial charge in [-0.05, 0) is 64.8 Å². The molecule has 2 aromatic carbocycles. The van der Waals surface area contributed by atoms with E-state index in [1.54, 1.807) is 12.1 Å². The Bertz CT molecular complexity index is 572. The number of rotatable bonds is 4. The van der Waals surface area contributed by atoms with E-state index in [1.165, 1.54) is 5.56 Å². The Kier molecular flexibility index (Phi) is 5.13. The molecule has 0 aliphatic heterocycles. The minimum Gasteiger partial charge on any atom is -0.313 e. The fourth-order valence-electron chi connectivity index (χ4n) is 2.02. The van der Waals surface area contributed by atoms with Crippen molar-refractivity contribution in [1.82, 2.24) is 5.32 Å². The topological polar surface area (TPSA) is 12.0 Å². The largest absolute Gasteiger partial charge is 0.313 e. The van der Waals surface area contributed by atoms with Gasteiger partial charge in [0.2, 0.25) is 0 Å². The molecule has 0 heterocycles. The van der Waals surface area contributed by atoms with Gasteiger partial charge in [-0.1, -0.05) is 34.1 Å². The summed E-state index contributed by atoms with van der Waals surface area (Å²) in [6.07, 6.45) is 0.816. The van der Waals surface area contributed by atoms with E-state index in [4.69, 9.17) is 0 Å². The molecule has 1 N–H and O–H groups in total. The Morgan fingerprint density at radius 1 is 1.16 bits per heavy atom. The Labute approximate surface area is 129 Å². The van der Waals surface area contributed by atoms with Crippen LogP contribution in [0.3, 0.4) is 0 Å². The molecule has 0 spiro atoms. The third-order valence-corrected chi connectivity index (χ3v) is 4.16. The molecule has 4 heteroatoms. The zero-order chi connectivity index (χ0) is 13.8. The molecule has 0 aliphatic carbocycles. The van der Waals surface area contributed by atoms with E-state index < -0.39 is 0 Å². The van der Waals surface area contributed by atoms with E-state index in [-0.39, 0.29) is 11.9 Å². The van der Waals surface area contributed by atoms with Crippen LogP contribution in [0.25, 0.3) is 0 Å². The Hall–Kier alpha value is -0.710. The van der Waals surface area contributed by atoms with Crippen LogP contribution in [0.5, 0.6) is 0 Å². The second-order valence-corrected chi connectivity index (χ2v) is 6.12. The molecule has 2 rings (SSSR count). The third kappa shape index (κ3) is 3.88. The van der Waals surface area contributed by atoms with Gasteiger partial charge in [0.1, 0.15) is 5.82 Å². The maximum atomic E-state index is 13.6. The van der Waals surface area contributed by atoms with Gasteiger partial charge in [-0.25, -0.2) is 4.39 Å². The Balaban J connectivity index is 2.22. The van der Waals surface area contributed by atoms with Crippen LogP contribution >= 0.6 is 31.9 Å². The number of hydrogen-bond acceptors (Lipinski definition) is 1. The maximum absolute atomic E-state index is 13.6. The van der Waals surface area contributed by atoms with E-state index >= 15 is 0 Å². The van der Waals surface area contributed by atoms with Gasteiger partial charge in [0.15, 0.2) is 0 Å². The molecular weight excluding hydrogens is 373 g/mol. The quantitative estimate of drug-likeness (QED) is 0.791. The SMILES string of the molecule is CNC(Cc1cccc(Br)c1)c1ccc(Br)c(F)c1. The number of likely N-dealkylation sites (N-methyl/N-ethyl adjacent to an activating group) is 1. The molecular formula is C15H14Br2FN. The average Bonchev–Trinajstić information content (AvgIpc) is 2.39. The summed E-state index contributed by atoms with van der Waals surface area (Å²) < 4.78 is 15.1. The highest BCUT2D eigenvalue weighted by molar-refractivity contribution is 9.10. The lowest BCUT2D eigenvalue weighted by atomic mass is 9.99. The van der Waals surface area contributed by atoms with Crippen LogP contribution in [0.15, 0.2) is 51.4 Å². The molecule has 0 saturated carbocycles. The van der Waals surface area contributed by atoms with Crippen molar-refractivity contribution in [3.8, 4) is 0 Å².